The van der Waals surface area contributed by atoms with E-state index in [9.17, 15) is 15.2 Å². The van der Waals surface area contributed by atoms with Crippen molar-refractivity contribution in [2.24, 2.45) is 62.4 Å². The minimum Gasteiger partial charge on any atom is -0.481 e. The molecule has 10 atom stereocenters. The molecule has 6 aliphatic carbocycles. The van der Waals surface area contributed by atoms with Crippen LogP contribution in [0.5, 0.6) is 5.88 Å². The predicted octanol–water partition coefficient (Wildman–Crippen LogP) is 9.42. The van der Waals surface area contributed by atoms with Gasteiger partial charge in [0.1, 0.15) is 23.7 Å². The standard InChI is InChI=1S/C43H59N3O3/c1-27(2)30-14-21-43(45)23-22-40(6)32(35(30)43)10-11-34-39(5)17-15-31(38(3,4)33(39)16-18-41(34,40)7)28-12-19-42(20-13-28,37(47)48)26-49-36-29(25-44)9-8-24-46-36/h8-9,12,15,24,30,32-35H,1,10-11,13-14,16-23,26,45H2,2-7H3,(H,47,48)/t30-,32+,33?,34?,35?,39-,40+,41+,42+,43-/m0/s1. The van der Waals surface area contributed by atoms with E-state index in [0.29, 0.717) is 59.8 Å². The van der Waals surface area contributed by atoms with E-state index in [1.807, 2.05) is 0 Å². The highest BCUT2D eigenvalue weighted by Crippen LogP contribution is 2.76. The first kappa shape index (κ1) is 34.5. The zero-order chi connectivity index (χ0) is 35.2. The fourth-order valence-corrected chi connectivity index (χ4v) is 13.7. The molecule has 0 radical (unpaired) electrons. The molecule has 0 aliphatic heterocycles. The SMILES string of the molecule is C=C(C)[C@@H]1CC[C@]2(N)CC[C@]3(C)[C@H](CCC4[C@@]5(C)CC=C(C6=CC[C@@](COc7ncccc7C#N)(C(=O)O)CC6)C(C)(C)C5CC[C@]43C)C12. The average molecular weight is 666 g/mol. The molecule has 4 fully saturated rings. The highest BCUT2D eigenvalue weighted by Gasteiger charge is 2.70. The highest BCUT2D eigenvalue weighted by molar-refractivity contribution is 5.75. The third kappa shape index (κ3) is 4.87. The molecule has 0 saturated heterocycles. The van der Waals surface area contributed by atoms with Crippen LogP contribution in [0.15, 0.2) is 53.8 Å². The molecule has 4 saturated carbocycles. The monoisotopic (exact) mass is 665 g/mol. The average Bonchev–Trinajstić information content (AvgIpc) is 3.42. The van der Waals surface area contributed by atoms with Crippen LogP contribution in [-0.4, -0.2) is 28.2 Å². The number of fused-ring (bicyclic) bond motifs is 7. The lowest BCUT2D eigenvalue weighted by Crippen LogP contribution is -2.67. The van der Waals surface area contributed by atoms with Crippen molar-refractivity contribution in [1.82, 2.24) is 4.98 Å². The van der Waals surface area contributed by atoms with Crippen LogP contribution < -0.4 is 10.5 Å². The van der Waals surface area contributed by atoms with Crippen molar-refractivity contribution >= 4 is 5.97 Å². The van der Waals surface area contributed by atoms with Crippen LogP contribution >= 0.6 is 0 Å². The van der Waals surface area contributed by atoms with Crippen molar-refractivity contribution in [2.75, 3.05) is 6.61 Å². The summed E-state index contributed by atoms with van der Waals surface area (Å²) in [6, 6.07) is 5.43. The number of nitriles is 1. The van der Waals surface area contributed by atoms with E-state index in [0.717, 1.165) is 19.3 Å². The summed E-state index contributed by atoms with van der Waals surface area (Å²) >= 11 is 0. The van der Waals surface area contributed by atoms with E-state index in [2.05, 4.69) is 71.3 Å². The third-order valence-electron chi connectivity index (χ3n) is 16.5. The maximum Gasteiger partial charge on any atom is 0.313 e. The number of ether oxygens (including phenoxy) is 1. The Morgan fingerprint density at radius 3 is 2.47 bits per heavy atom. The van der Waals surface area contributed by atoms with E-state index in [1.54, 1.807) is 18.3 Å². The number of allylic oxidation sites excluding steroid dienone is 5. The van der Waals surface area contributed by atoms with Crippen LogP contribution in [0.3, 0.4) is 0 Å². The summed E-state index contributed by atoms with van der Waals surface area (Å²) in [7, 11) is 0. The maximum absolute atomic E-state index is 12.7. The molecule has 7 rings (SSSR count). The zero-order valence-corrected chi connectivity index (χ0v) is 30.9. The van der Waals surface area contributed by atoms with Crippen molar-refractivity contribution in [3.63, 3.8) is 0 Å². The number of aliphatic carboxylic acids is 1. The lowest BCUT2D eigenvalue weighted by atomic mass is 9.33. The number of hydrogen-bond acceptors (Lipinski definition) is 5. The predicted molar refractivity (Wildman–Crippen MR) is 193 cm³/mol. The van der Waals surface area contributed by atoms with Gasteiger partial charge in [-0.2, -0.15) is 5.26 Å². The molecular formula is C43H59N3O3. The van der Waals surface area contributed by atoms with E-state index in [1.165, 1.54) is 55.2 Å². The number of nitrogens with zero attached hydrogens (tertiary/aromatic N) is 2. The van der Waals surface area contributed by atoms with Crippen LogP contribution in [0.4, 0.5) is 0 Å². The Morgan fingerprint density at radius 2 is 1.80 bits per heavy atom. The molecule has 1 aromatic rings. The number of aromatic nitrogens is 1. The first-order valence-corrected chi connectivity index (χ1v) is 19.1. The summed E-state index contributed by atoms with van der Waals surface area (Å²) in [6.45, 7) is 19.7. The largest absolute Gasteiger partial charge is 0.481 e. The molecule has 0 amide bonds. The summed E-state index contributed by atoms with van der Waals surface area (Å²) in [6.07, 6.45) is 19.0. The van der Waals surface area contributed by atoms with E-state index < -0.39 is 11.4 Å². The summed E-state index contributed by atoms with van der Waals surface area (Å²) in [5, 5.41) is 19.9. The van der Waals surface area contributed by atoms with Gasteiger partial charge in [-0.05, 0) is 159 Å². The normalized spacial score (nSPS) is 43.8. The van der Waals surface area contributed by atoms with Gasteiger partial charge in [0.2, 0.25) is 5.88 Å². The molecule has 49 heavy (non-hydrogen) atoms. The first-order valence-electron chi connectivity index (χ1n) is 19.1. The van der Waals surface area contributed by atoms with E-state index in [4.69, 9.17) is 10.5 Å². The van der Waals surface area contributed by atoms with Gasteiger partial charge < -0.3 is 15.6 Å². The summed E-state index contributed by atoms with van der Waals surface area (Å²) in [5.41, 5.74) is 11.5. The van der Waals surface area contributed by atoms with E-state index in [-0.39, 0.29) is 34.3 Å². The Kier molecular flexibility index (Phi) is 8.14. The van der Waals surface area contributed by atoms with Gasteiger partial charge in [0.15, 0.2) is 0 Å². The Balaban J connectivity index is 1.14. The van der Waals surface area contributed by atoms with Crippen LogP contribution in [0.2, 0.25) is 0 Å². The minimum absolute atomic E-state index is 0.000214. The number of hydrogen-bond donors (Lipinski definition) is 2. The van der Waals surface area contributed by atoms with Crippen molar-refractivity contribution in [3.05, 3.63) is 59.3 Å². The van der Waals surface area contributed by atoms with Gasteiger partial charge in [-0.3, -0.25) is 4.79 Å². The Morgan fingerprint density at radius 1 is 1.02 bits per heavy atom. The second kappa shape index (κ2) is 11.6. The molecule has 264 valence electrons. The third-order valence-corrected chi connectivity index (χ3v) is 16.5. The van der Waals surface area contributed by atoms with Crippen molar-refractivity contribution in [2.45, 2.75) is 124 Å². The molecule has 6 nitrogen and oxygen atoms in total. The smallest absolute Gasteiger partial charge is 0.313 e. The van der Waals surface area contributed by atoms with Gasteiger partial charge in [-0.1, -0.05) is 58.9 Å². The van der Waals surface area contributed by atoms with Crippen molar-refractivity contribution < 1.29 is 14.6 Å². The molecule has 3 N–H and O–H groups in total. The number of pyridine rings is 1. The van der Waals surface area contributed by atoms with Crippen LogP contribution in [0, 0.1) is 68.0 Å². The van der Waals surface area contributed by atoms with Crippen LogP contribution in [0.1, 0.15) is 124 Å². The molecular weight excluding hydrogens is 606 g/mol. The van der Waals surface area contributed by atoms with Gasteiger partial charge >= 0.3 is 5.97 Å². The minimum atomic E-state index is -1.04. The molecule has 1 aromatic heterocycles. The van der Waals surface area contributed by atoms with Crippen LogP contribution in [0.25, 0.3) is 0 Å². The molecule has 6 heteroatoms. The molecule has 0 aromatic carbocycles. The topological polar surface area (TPSA) is 109 Å². The van der Waals surface area contributed by atoms with Gasteiger partial charge in [0.05, 0.1) is 0 Å². The fraction of sp³-hybridized carbons (Fsp3) is 0.698. The van der Waals surface area contributed by atoms with Gasteiger partial charge in [0.25, 0.3) is 0 Å². The van der Waals surface area contributed by atoms with Crippen molar-refractivity contribution in [3.8, 4) is 11.9 Å². The molecule has 0 bridgehead atoms. The number of carboxylic acid groups (broad SMARTS) is 1. The second-order valence-electron chi connectivity index (χ2n) is 18.7. The van der Waals surface area contributed by atoms with E-state index >= 15 is 0 Å². The highest BCUT2D eigenvalue weighted by atomic mass is 16.5. The van der Waals surface area contributed by atoms with Crippen molar-refractivity contribution in [1.29, 1.82) is 5.26 Å². The molecule has 1 heterocycles. The lowest BCUT2D eigenvalue weighted by Gasteiger charge is -2.72. The Bertz CT molecular complexity index is 1650. The summed E-state index contributed by atoms with van der Waals surface area (Å²) < 4.78 is 5.92. The molecule has 6 aliphatic rings. The Hall–Kier alpha value is -2.91. The van der Waals surface area contributed by atoms with Gasteiger partial charge in [-0.25, -0.2) is 4.98 Å². The quantitative estimate of drug-likeness (QED) is 0.293. The van der Waals surface area contributed by atoms with Crippen LogP contribution in [-0.2, 0) is 4.79 Å². The number of nitrogens with two attached hydrogens (primary N) is 1. The molecule has 0 spiro atoms. The fourth-order valence-electron chi connectivity index (χ4n) is 13.7. The second-order valence-corrected chi connectivity index (χ2v) is 18.7. The Labute approximate surface area is 294 Å². The molecule has 3 unspecified atom stereocenters. The maximum atomic E-state index is 12.7. The zero-order valence-electron chi connectivity index (χ0n) is 30.9. The number of carboxylic acids is 1. The lowest BCUT2D eigenvalue weighted by molar-refractivity contribution is -0.219. The number of rotatable bonds is 6. The van der Waals surface area contributed by atoms with Gasteiger partial charge in [-0.15, -0.1) is 0 Å². The van der Waals surface area contributed by atoms with Gasteiger partial charge in [0, 0.05) is 11.7 Å². The summed E-state index contributed by atoms with van der Waals surface area (Å²) in [4.78, 5) is 16.9. The number of carbonyl (C=O) groups is 1. The summed E-state index contributed by atoms with van der Waals surface area (Å²) in [5.74, 6) is 2.43. The first-order chi connectivity index (χ1) is 23.1.